The number of nitrogens with zero attached hydrogens (tertiary/aromatic N) is 1. The Morgan fingerprint density at radius 2 is 1.57 bits per heavy atom. The van der Waals surface area contributed by atoms with E-state index in [9.17, 15) is 22.4 Å². The number of halogens is 5. The molecule has 4 nitrogen and oxygen atoms in total. The molecule has 9 heteroatoms. The average Bonchev–Trinajstić information content (AvgIpc) is 2.52. The highest BCUT2D eigenvalue weighted by molar-refractivity contribution is 9.10. The first kappa shape index (κ1) is 17.2. The topological polar surface area (TPSA) is 54.0 Å². The van der Waals surface area contributed by atoms with E-state index < -0.39 is 35.1 Å². The Labute approximate surface area is 137 Å². The summed E-state index contributed by atoms with van der Waals surface area (Å²) in [4.78, 5) is 14.2. The monoisotopic (exact) mass is 391 g/mol. The van der Waals surface area contributed by atoms with Gasteiger partial charge in [0.2, 0.25) is 11.6 Å². The molecule has 1 amide bonds. The van der Waals surface area contributed by atoms with Gasteiger partial charge in [-0.2, -0.15) is 22.5 Å². The summed E-state index contributed by atoms with van der Waals surface area (Å²) >= 11 is 3.23. The number of aromatic nitrogens is 1. The Morgan fingerprint density at radius 1 is 1.00 bits per heavy atom. The summed E-state index contributed by atoms with van der Waals surface area (Å²) in [5, 5.41) is 4.68. The van der Waals surface area contributed by atoms with Crippen LogP contribution in [0, 0.1) is 23.5 Å². The van der Waals surface area contributed by atoms with Gasteiger partial charge in [-0.25, -0.2) is 0 Å². The molecular formula is C14H10BrF4N3O. The number of carbonyl (C=O) groups is 1. The van der Waals surface area contributed by atoms with Crippen LogP contribution in [0.25, 0.3) is 0 Å². The van der Waals surface area contributed by atoms with E-state index in [1.807, 2.05) is 0 Å². The SMILES string of the molecule is O=C(NCCNc1c(F)c(F)nc(F)c1F)c1ccc(Br)cc1. The van der Waals surface area contributed by atoms with Gasteiger partial charge in [0.15, 0.2) is 0 Å². The Hall–Kier alpha value is -2.16. The Bertz CT molecular complexity index is 699. The molecule has 0 saturated heterocycles. The Balaban J connectivity index is 1.91. The molecule has 0 fully saturated rings. The minimum atomic E-state index is -1.75. The minimum absolute atomic E-state index is 0.0145. The number of carbonyl (C=O) groups excluding carboxylic acids is 1. The second-order valence-electron chi connectivity index (χ2n) is 4.39. The van der Waals surface area contributed by atoms with Crippen LogP contribution in [0.4, 0.5) is 23.2 Å². The van der Waals surface area contributed by atoms with Gasteiger partial charge in [-0.15, -0.1) is 0 Å². The first-order valence-electron chi connectivity index (χ1n) is 6.37. The fraction of sp³-hybridized carbons (Fsp3) is 0.143. The third kappa shape index (κ3) is 4.19. The molecule has 1 heterocycles. The van der Waals surface area contributed by atoms with E-state index in [2.05, 4.69) is 31.5 Å². The molecule has 0 spiro atoms. The van der Waals surface area contributed by atoms with Crippen LogP contribution in [-0.4, -0.2) is 24.0 Å². The number of benzene rings is 1. The van der Waals surface area contributed by atoms with Gasteiger partial charge in [0.1, 0.15) is 5.69 Å². The average molecular weight is 392 g/mol. The summed E-state index contributed by atoms with van der Waals surface area (Å²) < 4.78 is 53.3. The quantitative estimate of drug-likeness (QED) is 0.467. The summed E-state index contributed by atoms with van der Waals surface area (Å²) in [6.45, 7) is -0.154. The maximum atomic E-state index is 13.3. The number of hydrogen-bond donors (Lipinski definition) is 2. The van der Waals surface area contributed by atoms with Crippen molar-refractivity contribution in [1.82, 2.24) is 10.3 Å². The fourth-order valence-corrected chi connectivity index (χ4v) is 1.97. The highest BCUT2D eigenvalue weighted by Gasteiger charge is 2.20. The largest absolute Gasteiger partial charge is 0.378 e. The predicted molar refractivity (Wildman–Crippen MR) is 79.0 cm³/mol. The Kier molecular flexibility index (Phi) is 5.54. The molecule has 0 atom stereocenters. The summed E-state index contributed by atoms with van der Waals surface area (Å²) in [7, 11) is 0. The standard InChI is InChI=1S/C14H10BrF4N3O/c15-8-3-1-7(2-4-8)14(23)21-6-5-20-11-9(16)12(18)22-13(19)10(11)17/h1-4H,5-6H2,(H,20,22)(H,21,23). The van der Waals surface area contributed by atoms with Gasteiger partial charge in [0, 0.05) is 23.1 Å². The number of amides is 1. The molecule has 23 heavy (non-hydrogen) atoms. The first-order valence-corrected chi connectivity index (χ1v) is 7.17. The van der Waals surface area contributed by atoms with Gasteiger partial charge in [-0.1, -0.05) is 15.9 Å². The van der Waals surface area contributed by atoms with Crippen LogP contribution in [0.1, 0.15) is 10.4 Å². The number of pyridine rings is 1. The van der Waals surface area contributed by atoms with E-state index in [-0.39, 0.29) is 13.1 Å². The van der Waals surface area contributed by atoms with Gasteiger partial charge in [-0.05, 0) is 24.3 Å². The van der Waals surface area contributed by atoms with E-state index in [0.29, 0.717) is 5.56 Å². The maximum absolute atomic E-state index is 13.3. The van der Waals surface area contributed by atoms with Crippen LogP contribution >= 0.6 is 15.9 Å². The minimum Gasteiger partial charge on any atom is -0.378 e. The molecular weight excluding hydrogens is 382 g/mol. The molecule has 2 N–H and O–H groups in total. The molecule has 0 aliphatic rings. The molecule has 1 aromatic carbocycles. The molecule has 1 aromatic heterocycles. The van der Waals surface area contributed by atoms with Gasteiger partial charge >= 0.3 is 0 Å². The zero-order valence-electron chi connectivity index (χ0n) is 11.5. The molecule has 0 aliphatic heterocycles. The highest BCUT2D eigenvalue weighted by atomic mass is 79.9. The van der Waals surface area contributed by atoms with E-state index in [4.69, 9.17) is 0 Å². The molecule has 0 bridgehead atoms. The third-order valence-corrected chi connectivity index (χ3v) is 3.34. The molecule has 0 saturated carbocycles. The van der Waals surface area contributed by atoms with Crippen molar-refractivity contribution >= 4 is 27.5 Å². The summed E-state index contributed by atoms with van der Waals surface area (Å²) in [5.74, 6) is -7.13. The van der Waals surface area contributed by atoms with E-state index in [1.54, 1.807) is 24.3 Å². The van der Waals surface area contributed by atoms with Crippen LogP contribution in [0.15, 0.2) is 28.7 Å². The lowest BCUT2D eigenvalue weighted by molar-refractivity contribution is 0.0955. The van der Waals surface area contributed by atoms with E-state index in [1.165, 1.54) is 0 Å². The molecule has 2 aromatic rings. The van der Waals surface area contributed by atoms with Crippen molar-refractivity contribution in [2.45, 2.75) is 0 Å². The van der Waals surface area contributed by atoms with Crippen LogP contribution < -0.4 is 10.6 Å². The normalized spacial score (nSPS) is 10.5. The van der Waals surface area contributed by atoms with E-state index >= 15 is 0 Å². The second kappa shape index (κ2) is 7.40. The van der Waals surface area contributed by atoms with Crippen molar-refractivity contribution in [1.29, 1.82) is 0 Å². The molecule has 0 unspecified atom stereocenters. The highest BCUT2D eigenvalue weighted by Crippen LogP contribution is 2.21. The van der Waals surface area contributed by atoms with Crippen molar-refractivity contribution < 1.29 is 22.4 Å². The zero-order valence-corrected chi connectivity index (χ0v) is 13.1. The third-order valence-electron chi connectivity index (χ3n) is 2.82. The van der Waals surface area contributed by atoms with Crippen LogP contribution in [0.2, 0.25) is 0 Å². The summed E-state index contributed by atoms with van der Waals surface area (Å²) in [5.41, 5.74) is -0.570. The van der Waals surface area contributed by atoms with Crippen molar-refractivity contribution in [3.8, 4) is 0 Å². The Morgan fingerprint density at radius 3 is 2.13 bits per heavy atom. The lowest BCUT2D eigenvalue weighted by atomic mass is 10.2. The number of rotatable bonds is 5. The lowest BCUT2D eigenvalue weighted by Gasteiger charge is -2.10. The van der Waals surface area contributed by atoms with Crippen LogP contribution in [0.5, 0.6) is 0 Å². The zero-order chi connectivity index (χ0) is 17.0. The number of nitrogens with one attached hydrogen (secondary N) is 2. The lowest BCUT2D eigenvalue weighted by Crippen LogP contribution is -2.29. The van der Waals surface area contributed by atoms with Crippen LogP contribution in [0.3, 0.4) is 0 Å². The molecule has 122 valence electrons. The van der Waals surface area contributed by atoms with Gasteiger partial charge in [-0.3, -0.25) is 4.79 Å². The van der Waals surface area contributed by atoms with Crippen molar-refractivity contribution in [3.63, 3.8) is 0 Å². The summed E-state index contributed by atoms with van der Waals surface area (Å²) in [6, 6.07) is 6.53. The number of hydrogen-bond acceptors (Lipinski definition) is 3. The smallest absolute Gasteiger partial charge is 0.253 e. The van der Waals surface area contributed by atoms with Crippen LogP contribution in [-0.2, 0) is 0 Å². The summed E-state index contributed by atoms with van der Waals surface area (Å²) in [6.07, 6.45) is 0. The van der Waals surface area contributed by atoms with Gasteiger partial charge in [0.05, 0.1) is 0 Å². The van der Waals surface area contributed by atoms with Crippen molar-refractivity contribution in [2.75, 3.05) is 18.4 Å². The van der Waals surface area contributed by atoms with Crippen molar-refractivity contribution in [2.24, 2.45) is 0 Å². The molecule has 2 rings (SSSR count). The predicted octanol–water partition coefficient (Wildman–Crippen LogP) is 3.24. The first-order chi connectivity index (χ1) is 10.9. The van der Waals surface area contributed by atoms with Crippen molar-refractivity contribution in [3.05, 3.63) is 57.8 Å². The van der Waals surface area contributed by atoms with E-state index in [0.717, 1.165) is 4.47 Å². The second-order valence-corrected chi connectivity index (χ2v) is 5.30. The fourth-order valence-electron chi connectivity index (χ4n) is 1.71. The number of anilines is 1. The molecule has 0 aliphatic carbocycles. The van der Waals surface area contributed by atoms with Gasteiger partial charge in [0.25, 0.3) is 17.8 Å². The molecule has 0 radical (unpaired) electrons. The van der Waals surface area contributed by atoms with Gasteiger partial charge < -0.3 is 10.6 Å². The maximum Gasteiger partial charge on any atom is 0.253 e.